The Hall–Kier alpha value is -1.28. The molecule has 0 aliphatic carbocycles. The van der Waals surface area contributed by atoms with E-state index in [1.807, 2.05) is 26.1 Å². The van der Waals surface area contributed by atoms with Gasteiger partial charge in [-0.1, -0.05) is 24.3 Å². The fourth-order valence-electron chi connectivity index (χ4n) is 1.51. The largest absolute Gasteiger partial charge is 0.489 e. The minimum atomic E-state index is 0.307. The van der Waals surface area contributed by atoms with E-state index in [2.05, 4.69) is 37.4 Å². The van der Waals surface area contributed by atoms with Crippen molar-refractivity contribution in [2.75, 3.05) is 13.7 Å². The lowest BCUT2D eigenvalue weighted by molar-refractivity contribution is 0.354. The summed E-state index contributed by atoms with van der Waals surface area (Å²) in [5, 5.41) is 3.23. The third-order valence-electron chi connectivity index (χ3n) is 2.64. The quantitative estimate of drug-likeness (QED) is 0.768. The Kier molecular flexibility index (Phi) is 5.06. The highest BCUT2D eigenvalue weighted by atomic mass is 16.5. The number of ether oxygens (including phenoxy) is 1. The lowest BCUT2D eigenvalue weighted by atomic mass is 10.1. The topological polar surface area (TPSA) is 21.3 Å². The summed E-state index contributed by atoms with van der Waals surface area (Å²) in [7, 11) is 1.96. The van der Waals surface area contributed by atoms with E-state index in [0.717, 1.165) is 5.75 Å². The van der Waals surface area contributed by atoms with E-state index in [0.29, 0.717) is 12.6 Å². The summed E-state index contributed by atoms with van der Waals surface area (Å²) in [5.41, 5.74) is 2.43. The van der Waals surface area contributed by atoms with Crippen LogP contribution in [0.3, 0.4) is 0 Å². The van der Waals surface area contributed by atoms with Crippen LogP contribution in [-0.4, -0.2) is 13.7 Å². The molecule has 2 nitrogen and oxygen atoms in total. The van der Waals surface area contributed by atoms with Crippen molar-refractivity contribution in [3.63, 3.8) is 0 Å². The summed E-state index contributed by atoms with van der Waals surface area (Å²) in [6, 6.07) is 6.64. The van der Waals surface area contributed by atoms with Gasteiger partial charge in [-0.2, -0.15) is 0 Å². The zero-order valence-electron chi connectivity index (χ0n) is 10.6. The Labute approximate surface area is 98.3 Å². The van der Waals surface area contributed by atoms with Gasteiger partial charge in [-0.3, -0.25) is 0 Å². The SMILES string of the molecule is CC=CCOc1cc(C)ccc1C(C)NC. The van der Waals surface area contributed by atoms with Crippen LogP contribution in [0.1, 0.15) is 31.0 Å². The molecule has 1 aromatic rings. The highest BCUT2D eigenvalue weighted by molar-refractivity contribution is 5.39. The third-order valence-corrected chi connectivity index (χ3v) is 2.64. The molecule has 0 bridgehead atoms. The Morgan fingerprint density at radius 2 is 2.19 bits per heavy atom. The van der Waals surface area contributed by atoms with Crippen molar-refractivity contribution in [2.24, 2.45) is 0 Å². The summed E-state index contributed by atoms with van der Waals surface area (Å²) in [6.45, 7) is 6.84. The second-order valence-electron chi connectivity index (χ2n) is 3.93. The summed E-state index contributed by atoms with van der Waals surface area (Å²) in [4.78, 5) is 0. The first-order valence-corrected chi connectivity index (χ1v) is 5.70. The number of allylic oxidation sites excluding steroid dienone is 1. The lowest BCUT2D eigenvalue weighted by Gasteiger charge is -2.16. The summed E-state index contributed by atoms with van der Waals surface area (Å²) < 4.78 is 5.75. The van der Waals surface area contributed by atoms with Crippen LogP contribution in [0.2, 0.25) is 0 Å². The molecule has 16 heavy (non-hydrogen) atoms. The first-order valence-electron chi connectivity index (χ1n) is 5.70. The normalized spacial score (nSPS) is 13.0. The molecule has 0 saturated heterocycles. The Bertz CT molecular complexity index is 358. The third kappa shape index (κ3) is 3.38. The van der Waals surface area contributed by atoms with Gasteiger partial charge in [0, 0.05) is 11.6 Å². The van der Waals surface area contributed by atoms with Crippen LogP contribution in [0.25, 0.3) is 0 Å². The molecule has 1 atom stereocenters. The lowest BCUT2D eigenvalue weighted by Crippen LogP contribution is -2.14. The molecule has 0 heterocycles. The molecule has 0 amide bonds. The molecular weight excluding hydrogens is 198 g/mol. The van der Waals surface area contributed by atoms with Gasteiger partial charge in [-0.15, -0.1) is 0 Å². The van der Waals surface area contributed by atoms with Crippen LogP contribution >= 0.6 is 0 Å². The molecule has 0 aliphatic heterocycles. The van der Waals surface area contributed by atoms with E-state index in [4.69, 9.17) is 4.74 Å². The number of aryl methyl sites for hydroxylation is 1. The first-order chi connectivity index (χ1) is 7.69. The Morgan fingerprint density at radius 3 is 2.81 bits per heavy atom. The summed E-state index contributed by atoms with van der Waals surface area (Å²) >= 11 is 0. The van der Waals surface area contributed by atoms with Crippen molar-refractivity contribution < 1.29 is 4.74 Å². The molecule has 0 aromatic heterocycles. The number of nitrogens with one attached hydrogen (secondary N) is 1. The van der Waals surface area contributed by atoms with Crippen LogP contribution in [0.5, 0.6) is 5.75 Å². The van der Waals surface area contributed by atoms with Crippen molar-refractivity contribution in [2.45, 2.75) is 26.8 Å². The van der Waals surface area contributed by atoms with E-state index >= 15 is 0 Å². The van der Waals surface area contributed by atoms with Gasteiger partial charge in [-0.25, -0.2) is 0 Å². The first kappa shape index (κ1) is 12.8. The molecule has 2 heteroatoms. The van der Waals surface area contributed by atoms with Crippen LogP contribution in [-0.2, 0) is 0 Å². The van der Waals surface area contributed by atoms with E-state index < -0.39 is 0 Å². The fourth-order valence-corrected chi connectivity index (χ4v) is 1.51. The van der Waals surface area contributed by atoms with Gasteiger partial charge in [0.1, 0.15) is 12.4 Å². The molecule has 0 saturated carbocycles. The molecule has 1 rings (SSSR count). The molecule has 88 valence electrons. The molecule has 0 radical (unpaired) electrons. The van der Waals surface area contributed by atoms with Crippen molar-refractivity contribution in [3.8, 4) is 5.75 Å². The van der Waals surface area contributed by atoms with Crippen LogP contribution in [0.4, 0.5) is 0 Å². The van der Waals surface area contributed by atoms with Gasteiger partial charge in [0.2, 0.25) is 0 Å². The molecular formula is C14H21NO. The molecule has 0 spiro atoms. The van der Waals surface area contributed by atoms with Crippen molar-refractivity contribution in [1.29, 1.82) is 0 Å². The minimum Gasteiger partial charge on any atom is -0.489 e. The van der Waals surface area contributed by atoms with E-state index in [1.54, 1.807) is 0 Å². The van der Waals surface area contributed by atoms with Gasteiger partial charge in [0.05, 0.1) is 0 Å². The van der Waals surface area contributed by atoms with E-state index in [-0.39, 0.29) is 0 Å². The zero-order chi connectivity index (χ0) is 12.0. The number of hydrogen-bond acceptors (Lipinski definition) is 2. The van der Waals surface area contributed by atoms with Crippen LogP contribution in [0, 0.1) is 6.92 Å². The van der Waals surface area contributed by atoms with Crippen LogP contribution in [0.15, 0.2) is 30.4 Å². The van der Waals surface area contributed by atoms with Crippen molar-refractivity contribution in [3.05, 3.63) is 41.5 Å². The van der Waals surface area contributed by atoms with Gasteiger partial charge < -0.3 is 10.1 Å². The number of benzene rings is 1. The average Bonchev–Trinajstić information content (AvgIpc) is 2.29. The summed E-state index contributed by atoms with van der Waals surface area (Å²) in [5.74, 6) is 0.972. The maximum Gasteiger partial charge on any atom is 0.124 e. The molecule has 0 aliphatic rings. The second-order valence-corrected chi connectivity index (χ2v) is 3.93. The van der Waals surface area contributed by atoms with Gasteiger partial charge in [0.25, 0.3) is 0 Å². The van der Waals surface area contributed by atoms with Gasteiger partial charge >= 0.3 is 0 Å². The van der Waals surface area contributed by atoms with Gasteiger partial charge in [-0.05, 0) is 39.4 Å². The predicted octanol–water partition coefficient (Wildman–Crippen LogP) is 3.23. The second kappa shape index (κ2) is 6.33. The predicted molar refractivity (Wildman–Crippen MR) is 69.0 cm³/mol. The van der Waals surface area contributed by atoms with Crippen molar-refractivity contribution in [1.82, 2.24) is 5.32 Å². The fraction of sp³-hybridized carbons (Fsp3) is 0.429. The van der Waals surface area contributed by atoms with Crippen LogP contribution < -0.4 is 10.1 Å². The number of rotatable bonds is 5. The number of hydrogen-bond donors (Lipinski definition) is 1. The van der Waals surface area contributed by atoms with E-state index in [1.165, 1.54) is 11.1 Å². The molecule has 1 unspecified atom stereocenters. The highest BCUT2D eigenvalue weighted by Crippen LogP contribution is 2.26. The maximum absolute atomic E-state index is 5.75. The average molecular weight is 219 g/mol. The standard InChI is InChI=1S/C14H21NO/c1-5-6-9-16-14-10-11(2)7-8-13(14)12(3)15-4/h5-8,10,12,15H,9H2,1-4H3. The minimum absolute atomic E-state index is 0.307. The smallest absolute Gasteiger partial charge is 0.124 e. The Balaban J connectivity index is 2.89. The zero-order valence-corrected chi connectivity index (χ0v) is 10.6. The van der Waals surface area contributed by atoms with Crippen molar-refractivity contribution >= 4 is 0 Å². The highest BCUT2D eigenvalue weighted by Gasteiger charge is 2.09. The maximum atomic E-state index is 5.75. The molecule has 1 N–H and O–H groups in total. The van der Waals surface area contributed by atoms with E-state index in [9.17, 15) is 0 Å². The summed E-state index contributed by atoms with van der Waals surface area (Å²) in [6.07, 6.45) is 4.01. The monoisotopic (exact) mass is 219 g/mol. The Morgan fingerprint density at radius 1 is 1.44 bits per heavy atom. The molecule has 0 fully saturated rings. The van der Waals surface area contributed by atoms with Gasteiger partial charge in [0.15, 0.2) is 0 Å². The molecule has 1 aromatic carbocycles.